The maximum Gasteiger partial charge on any atom is 0.193 e. The second-order valence-electron chi connectivity index (χ2n) is 5.34. The molecule has 0 heterocycles. The smallest absolute Gasteiger partial charge is 0.193 e. The third kappa shape index (κ3) is 6.74. The molecule has 0 aliphatic heterocycles. The Bertz CT molecular complexity index is 486. The Morgan fingerprint density at radius 3 is 2.70 bits per heavy atom. The van der Waals surface area contributed by atoms with Gasteiger partial charge in [0.05, 0.1) is 19.8 Å². The van der Waals surface area contributed by atoms with Crippen LogP contribution in [0.25, 0.3) is 0 Å². The van der Waals surface area contributed by atoms with E-state index in [1.165, 1.54) is 0 Å². The number of aliphatic imine (C=N–C) groups is 1. The van der Waals surface area contributed by atoms with Gasteiger partial charge in [0.2, 0.25) is 0 Å². The number of hydrogen-bond donors (Lipinski definition) is 2. The van der Waals surface area contributed by atoms with Gasteiger partial charge in [-0.2, -0.15) is 0 Å². The summed E-state index contributed by atoms with van der Waals surface area (Å²) >= 11 is 0. The van der Waals surface area contributed by atoms with Gasteiger partial charge >= 0.3 is 0 Å². The van der Waals surface area contributed by atoms with Crippen molar-refractivity contribution in [2.45, 2.75) is 25.9 Å². The summed E-state index contributed by atoms with van der Waals surface area (Å²) < 4.78 is 5.12. The molecule has 1 unspecified atom stereocenters. The zero-order chi connectivity index (χ0) is 17.1. The number of nitrogens with zero attached hydrogens (tertiary/aromatic N) is 2. The highest BCUT2D eigenvalue weighted by Gasteiger charge is 2.09. The monoisotopic (exact) mass is 319 g/mol. The van der Waals surface area contributed by atoms with Crippen molar-refractivity contribution in [1.29, 1.82) is 0 Å². The van der Waals surface area contributed by atoms with E-state index in [1.54, 1.807) is 7.11 Å². The number of benzene rings is 1. The molecule has 0 aliphatic carbocycles. The highest BCUT2D eigenvalue weighted by atomic mass is 16.5. The van der Waals surface area contributed by atoms with Gasteiger partial charge in [-0.15, -0.1) is 6.58 Å². The molecule has 0 radical (unpaired) electrons. The standard InChI is InChI=1S/C18H29N3O2/c1-5-7-8-13-21(3)18(19-6-2)20-14-17(22)15-9-11-16(23-4)12-10-15/h5,9-12,17,22H,1,6-8,13-14H2,2-4H3,(H,19,20). The van der Waals surface area contributed by atoms with E-state index in [9.17, 15) is 5.11 Å². The van der Waals surface area contributed by atoms with Crippen LogP contribution in [0, 0.1) is 0 Å². The molecule has 1 atom stereocenters. The van der Waals surface area contributed by atoms with Gasteiger partial charge in [0.1, 0.15) is 5.75 Å². The number of hydrogen-bond acceptors (Lipinski definition) is 3. The van der Waals surface area contributed by atoms with Crippen molar-refractivity contribution in [2.75, 3.05) is 33.8 Å². The van der Waals surface area contributed by atoms with Crippen molar-refractivity contribution < 1.29 is 9.84 Å². The Morgan fingerprint density at radius 2 is 2.13 bits per heavy atom. The number of rotatable bonds is 9. The summed E-state index contributed by atoms with van der Waals surface area (Å²) in [6.07, 6.45) is 3.31. The molecule has 1 aromatic carbocycles. The van der Waals surface area contributed by atoms with Crippen molar-refractivity contribution in [3.8, 4) is 5.75 Å². The second kappa shape index (κ2) is 10.7. The number of guanidine groups is 1. The molecule has 0 aromatic heterocycles. The third-order valence-electron chi connectivity index (χ3n) is 3.51. The van der Waals surface area contributed by atoms with Gasteiger partial charge in [-0.3, -0.25) is 4.99 Å². The van der Waals surface area contributed by atoms with Gasteiger partial charge in [-0.05, 0) is 37.5 Å². The van der Waals surface area contributed by atoms with E-state index in [1.807, 2.05) is 44.3 Å². The Hall–Kier alpha value is -2.01. The number of nitrogens with one attached hydrogen (secondary N) is 1. The van der Waals surface area contributed by atoms with Crippen LogP contribution in [-0.4, -0.2) is 49.8 Å². The van der Waals surface area contributed by atoms with Gasteiger partial charge in [0, 0.05) is 20.1 Å². The summed E-state index contributed by atoms with van der Waals surface area (Å²) in [6, 6.07) is 7.41. The minimum absolute atomic E-state index is 0.320. The molecule has 5 nitrogen and oxygen atoms in total. The SMILES string of the molecule is C=CCCCN(C)C(=NCC(O)c1ccc(OC)cc1)NCC. The normalized spacial score (nSPS) is 12.6. The van der Waals surface area contributed by atoms with Crippen molar-refractivity contribution in [2.24, 2.45) is 4.99 Å². The molecule has 0 saturated carbocycles. The van der Waals surface area contributed by atoms with Crippen LogP contribution >= 0.6 is 0 Å². The van der Waals surface area contributed by atoms with Crippen LogP contribution in [0.15, 0.2) is 41.9 Å². The number of aliphatic hydroxyl groups is 1. The van der Waals surface area contributed by atoms with E-state index >= 15 is 0 Å². The first-order valence-corrected chi connectivity index (χ1v) is 8.04. The van der Waals surface area contributed by atoms with Crippen LogP contribution in [0.5, 0.6) is 5.75 Å². The Kier molecular flexibility index (Phi) is 8.83. The molecular weight excluding hydrogens is 290 g/mol. The first kappa shape index (κ1) is 19.0. The first-order chi connectivity index (χ1) is 11.1. The van der Waals surface area contributed by atoms with Crippen LogP contribution in [0.3, 0.4) is 0 Å². The number of methoxy groups -OCH3 is 1. The van der Waals surface area contributed by atoms with E-state index in [0.717, 1.165) is 43.2 Å². The largest absolute Gasteiger partial charge is 0.497 e. The van der Waals surface area contributed by atoms with Crippen molar-refractivity contribution in [1.82, 2.24) is 10.2 Å². The fourth-order valence-electron chi connectivity index (χ4n) is 2.15. The molecule has 23 heavy (non-hydrogen) atoms. The van der Waals surface area contributed by atoms with Crippen molar-refractivity contribution in [3.63, 3.8) is 0 Å². The minimum Gasteiger partial charge on any atom is -0.497 e. The molecular formula is C18H29N3O2. The summed E-state index contributed by atoms with van der Waals surface area (Å²) in [5, 5.41) is 13.5. The predicted molar refractivity (Wildman–Crippen MR) is 96.0 cm³/mol. The average molecular weight is 319 g/mol. The minimum atomic E-state index is -0.629. The average Bonchev–Trinajstić information content (AvgIpc) is 2.58. The first-order valence-electron chi connectivity index (χ1n) is 8.04. The summed E-state index contributed by atoms with van der Waals surface area (Å²) in [5.41, 5.74) is 0.833. The summed E-state index contributed by atoms with van der Waals surface area (Å²) in [6.45, 7) is 7.79. The fourth-order valence-corrected chi connectivity index (χ4v) is 2.15. The maximum absolute atomic E-state index is 10.3. The quantitative estimate of drug-likeness (QED) is 0.318. The molecule has 5 heteroatoms. The molecule has 0 saturated heterocycles. The fraction of sp³-hybridized carbons (Fsp3) is 0.500. The van der Waals surface area contributed by atoms with E-state index in [4.69, 9.17) is 4.74 Å². The Morgan fingerprint density at radius 1 is 1.43 bits per heavy atom. The summed E-state index contributed by atoms with van der Waals surface area (Å²) in [4.78, 5) is 6.61. The molecule has 2 N–H and O–H groups in total. The second-order valence-corrected chi connectivity index (χ2v) is 5.34. The molecule has 0 spiro atoms. The Labute approximate surface area is 139 Å². The number of ether oxygens (including phenoxy) is 1. The summed E-state index contributed by atoms with van der Waals surface area (Å²) in [5.74, 6) is 1.59. The van der Waals surface area contributed by atoms with Crippen LogP contribution in [0.2, 0.25) is 0 Å². The molecule has 0 fully saturated rings. The number of unbranched alkanes of at least 4 members (excludes halogenated alkanes) is 1. The van der Waals surface area contributed by atoms with Crippen LogP contribution < -0.4 is 10.1 Å². The topological polar surface area (TPSA) is 57.1 Å². The van der Waals surface area contributed by atoms with E-state index < -0.39 is 6.10 Å². The van der Waals surface area contributed by atoms with E-state index in [-0.39, 0.29) is 0 Å². The molecule has 1 rings (SSSR count). The molecule has 1 aromatic rings. The molecule has 0 aliphatic rings. The van der Waals surface area contributed by atoms with Gasteiger partial charge in [0.25, 0.3) is 0 Å². The lowest BCUT2D eigenvalue weighted by molar-refractivity contribution is 0.186. The molecule has 128 valence electrons. The lowest BCUT2D eigenvalue weighted by Crippen LogP contribution is -2.39. The zero-order valence-corrected chi connectivity index (χ0v) is 14.5. The zero-order valence-electron chi connectivity index (χ0n) is 14.5. The summed E-state index contributed by atoms with van der Waals surface area (Å²) in [7, 11) is 3.63. The molecule has 0 bridgehead atoms. The lowest BCUT2D eigenvalue weighted by Gasteiger charge is -2.22. The van der Waals surface area contributed by atoms with E-state index in [0.29, 0.717) is 6.54 Å². The van der Waals surface area contributed by atoms with Gasteiger partial charge in [-0.25, -0.2) is 0 Å². The highest BCUT2D eigenvalue weighted by molar-refractivity contribution is 5.79. The third-order valence-corrected chi connectivity index (χ3v) is 3.51. The van der Waals surface area contributed by atoms with Crippen molar-refractivity contribution >= 4 is 5.96 Å². The van der Waals surface area contributed by atoms with Crippen molar-refractivity contribution in [3.05, 3.63) is 42.5 Å². The Balaban J connectivity index is 2.64. The number of aliphatic hydroxyl groups excluding tert-OH is 1. The van der Waals surface area contributed by atoms with Gasteiger partial charge in [-0.1, -0.05) is 18.2 Å². The van der Waals surface area contributed by atoms with Crippen LogP contribution in [0.1, 0.15) is 31.4 Å². The highest BCUT2D eigenvalue weighted by Crippen LogP contribution is 2.17. The van der Waals surface area contributed by atoms with Gasteiger partial charge < -0.3 is 20.1 Å². The number of allylic oxidation sites excluding steroid dienone is 1. The predicted octanol–water partition coefficient (Wildman–Crippen LogP) is 2.59. The maximum atomic E-state index is 10.3. The van der Waals surface area contributed by atoms with Gasteiger partial charge in [0.15, 0.2) is 5.96 Å². The lowest BCUT2D eigenvalue weighted by atomic mass is 10.1. The molecule has 0 amide bonds. The van der Waals surface area contributed by atoms with Crippen LogP contribution in [-0.2, 0) is 0 Å². The van der Waals surface area contributed by atoms with Crippen LogP contribution in [0.4, 0.5) is 0 Å². The van der Waals surface area contributed by atoms with E-state index in [2.05, 4.69) is 21.8 Å².